The van der Waals surface area contributed by atoms with Crippen molar-refractivity contribution in [2.45, 2.75) is 32.2 Å². The van der Waals surface area contributed by atoms with Crippen LogP contribution in [0.5, 0.6) is 0 Å². The van der Waals surface area contributed by atoms with Gasteiger partial charge in [0.15, 0.2) is 5.82 Å². The summed E-state index contributed by atoms with van der Waals surface area (Å²) in [5, 5.41) is 8.37. The molecule has 1 saturated heterocycles. The zero-order valence-electron chi connectivity index (χ0n) is 14.7. The second-order valence-corrected chi connectivity index (χ2v) is 6.95. The minimum atomic E-state index is 0.0922. The Morgan fingerprint density at radius 1 is 1.32 bits per heavy atom. The van der Waals surface area contributed by atoms with Gasteiger partial charge in [-0.05, 0) is 43.8 Å². The molecule has 0 spiro atoms. The van der Waals surface area contributed by atoms with Gasteiger partial charge in [0.25, 0.3) is 5.56 Å². The molecule has 6 nitrogen and oxygen atoms in total. The van der Waals surface area contributed by atoms with Gasteiger partial charge in [0, 0.05) is 31.6 Å². The van der Waals surface area contributed by atoms with Crippen LogP contribution in [-0.4, -0.2) is 37.7 Å². The summed E-state index contributed by atoms with van der Waals surface area (Å²) in [5.74, 6) is 2.09. The molecule has 4 rings (SSSR count). The molecule has 0 unspecified atom stereocenters. The molecule has 1 aromatic carbocycles. The molecule has 6 heteroatoms. The lowest BCUT2D eigenvalue weighted by atomic mass is 9.97. The fourth-order valence-corrected chi connectivity index (χ4v) is 3.80. The van der Waals surface area contributed by atoms with Crippen LogP contribution >= 0.6 is 0 Å². The van der Waals surface area contributed by atoms with Crippen LogP contribution in [0.2, 0.25) is 0 Å². The maximum absolute atomic E-state index is 12.7. The maximum atomic E-state index is 12.7. The molecule has 0 bridgehead atoms. The number of benzene rings is 1. The van der Waals surface area contributed by atoms with Crippen molar-refractivity contribution in [3.8, 4) is 0 Å². The molecule has 1 aliphatic rings. The molecule has 3 aromatic rings. The Kier molecular flexibility index (Phi) is 4.13. The molecule has 1 fully saturated rings. The SMILES string of the molecule is Cc1nc([C@@H]2CCCN(Cc3cc4ccccc4n(C)c3=O)C2)n[nH]1. The summed E-state index contributed by atoms with van der Waals surface area (Å²) in [4.78, 5) is 19.6. The summed E-state index contributed by atoms with van der Waals surface area (Å²) in [6, 6.07) is 10.1. The summed E-state index contributed by atoms with van der Waals surface area (Å²) in [5.41, 5.74) is 1.92. The van der Waals surface area contributed by atoms with Gasteiger partial charge in [0.2, 0.25) is 0 Å². The van der Waals surface area contributed by atoms with Crippen LogP contribution in [0.1, 0.15) is 36.0 Å². The number of piperidine rings is 1. The first-order valence-corrected chi connectivity index (χ1v) is 8.81. The van der Waals surface area contributed by atoms with Crippen molar-refractivity contribution in [2.24, 2.45) is 7.05 Å². The minimum Gasteiger partial charge on any atom is -0.311 e. The van der Waals surface area contributed by atoms with E-state index in [2.05, 4.69) is 26.1 Å². The van der Waals surface area contributed by atoms with E-state index in [1.54, 1.807) is 4.57 Å². The lowest BCUT2D eigenvalue weighted by Gasteiger charge is -2.31. The van der Waals surface area contributed by atoms with Gasteiger partial charge in [-0.1, -0.05) is 18.2 Å². The molecule has 130 valence electrons. The standard InChI is InChI=1S/C19H23N5O/c1-13-20-18(22-21-13)15-7-5-9-24(11-15)12-16-10-14-6-3-4-8-17(14)23(2)19(16)25/h3-4,6,8,10,15H,5,7,9,11-12H2,1-2H3,(H,20,21,22)/t15-/m1/s1. The summed E-state index contributed by atoms with van der Waals surface area (Å²) in [6.45, 7) is 4.51. The van der Waals surface area contributed by atoms with E-state index in [0.29, 0.717) is 12.5 Å². The van der Waals surface area contributed by atoms with E-state index in [0.717, 1.165) is 54.0 Å². The zero-order chi connectivity index (χ0) is 17.4. The molecule has 1 aliphatic heterocycles. The Labute approximate surface area is 146 Å². The predicted molar refractivity (Wildman–Crippen MR) is 97.6 cm³/mol. The number of nitrogens with one attached hydrogen (secondary N) is 1. The number of H-pyrrole nitrogens is 1. The number of nitrogens with zero attached hydrogens (tertiary/aromatic N) is 4. The minimum absolute atomic E-state index is 0.0922. The van der Waals surface area contributed by atoms with Gasteiger partial charge in [-0.25, -0.2) is 4.98 Å². The van der Waals surface area contributed by atoms with Crippen LogP contribution in [0.4, 0.5) is 0 Å². The van der Waals surface area contributed by atoms with Gasteiger partial charge < -0.3 is 4.57 Å². The van der Waals surface area contributed by atoms with Gasteiger partial charge >= 0.3 is 0 Å². The Balaban J connectivity index is 1.58. The Bertz CT molecular complexity index is 958. The molecule has 3 heterocycles. The first kappa shape index (κ1) is 16.0. The molecular formula is C19H23N5O. The third-order valence-electron chi connectivity index (χ3n) is 5.09. The number of pyridine rings is 1. The number of aromatic nitrogens is 4. The Hall–Kier alpha value is -2.47. The van der Waals surface area contributed by atoms with Crippen molar-refractivity contribution in [1.82, 2.24) is 24.6 Å². The number of para-hydroxylation sites is 1. The fourth-order valence-electron chi connectivity index (χ4n) is 3.80. The normalized spacial score (nSPS) is 18.7. The van der Waals surface area contributed by atoms with Crippen molar-refractivity contribution < 1.29 is 0 Å². The lowest BCUT2D eigenvalue weighted by molar-refractivity contribution is 0.196. The third kappa shape index (κ3) is 3.09. The first-order chi connectivity index (χ1) is 12.1. The molecule has 1 N–H and O–H groups in total. The van der Waals surface area contributed by atoms with E-state index >= 15 is 0 Å². The van der Waals surface area contributed by atoms with Crippen molar-refractivity contribution in [3.05, 3.63) is 57.9 Å². The fraction of sp³-hybridized carbons (Fsp3) is 0.421. The third-order valence-corrected chi connectivity index (χ3v) is 5.09. The van der Waals surface area contributed by atoms with Crippen LogP contribution < -0.4 is 5.56 Å². The van der Waals surface area contributed by atoms with Crippen LogP contribution in [0.15, 0.2) is 35.1 Å². The molecule has 0 aliphatic carbocycles. The smallest absolute Gasteiger partial charge is 0.255 e. The largest absolute Gasteiger partial charge is 0.311 e. The lowest BCUT2D eigenvalue weighted by Crippen LogP contribution is -2.36. The monoisotopic (exact) mass is 337 g/mol. The summed E-state index contributed by atoms with van der Waals surface area (Å²) >= 11 is 0. The molecule has 1 atom stereocenters. The number of hydrogen-bond donors (Lipinski definition) is 1. The molecule has 0 radical (unpaired) electrons. The van der Waals surface area contributed by atoms with Gasteiger partial charge in [0.1, 0.15) is 5.82 Å². The van der Waals surface area contributed by atoms with Crippen molar-refractivity contribution in [1.29, 1.82) is 0 Å². The van der Waals surface area contributed by atoms with Crippen molar-refractivity contribution in [2.75, 3.05) is 13.1 Å². The van der Waals surface area contributed by atoms with E-state index in [1.165, 1.54) is 0 Å². The number of aryl methyl sites for hydroxylation is 2. The van der Waals surface area contributed by atoms with Gasteiger partial charge in [0.05, 0.1) is 5.52 Å². The number of rotatable bonds is 3. The van der Waals surface area contributed by atoms with Gasteiger partial charge in [-0.15, -0.1) is 0 Å². The van der Waals surface area contributed by atoms with E-state index < -0.39 is 0 Å². The Morgan fingerprint density at radius 2 is 2.16 bits per heavy atom. The quantitative estimate of drug-likeness (QED) is 0.797. The van der Waals surface area contributed by atoms with Gasteiger partial charge in [-0.3, -0.25) is 14.8 Å². The average molecular weight is 337 g/mol. The van der Waals surface area contributed by atoms with E-state index in [9.17, 15) is 4.79 Å². The second kappa shape index (κ2) is 6.44. The van der Waals surface area contributed by atoms with E-state index in [-0.39, 0.29) is 5.56 Å². The zero-order valence-corrected chi connectivity index (χ0v) is 14.7. The van der Waals surface area contributed by atoms with Crippen LogP contribution in [0.3, 0.4) is 0 Å². The summed E-state index contributed by atoms with van der Waals surface area (Å²) < 4.78 is 1.75. The van der Waals surface area contributed by atoms with Crippen LogP contribution in [0, 0.1) is 6.92 Å². The van der Waals surface area contributed by atoms with Crippen LogP contribution in [0.25, 0.3) is 10.9 Å². The number of hydrogen-bond acceptors (Lipinski definition) is 4. The van der Waals surface area contributed by atoms with E-state index in [4.69, 9.17) is 0 Å². The second-order valence-electron chi connectivity index (χ2n) is 6.95. The maximum Gasteiger partial charge on any atom is 0.255 e. The molecular weight excluding hydrogens is 314 g/mol. The topological polar surface area (TPSA) is 66.8 Å². The van der Waals surface area contributed by atoms with Gasteiger partial charge in [-0.2, -0.15) is 5.10 Å². The summed E-state index contributed by atoms with van der Waals surface area (Å²) in [6.07, 6.45) is 2.20. The van der Waals surface area contributed by atoms with Crippen molar-refractivity contribution in [3.63, 3.8) is 0 Å². The summed E-state index contributed by atoms with van der Waals surface area (Å²) in [7, 11) is 1.85. The average Bonchev–Trinajstić information content (AvgIpc) is 3.06. The predicted octanol–water partition coefficient (Wildman–Crippen LogP) is 2.34. The van der Waals surface area contributed by atoms with E-state index in [1.807, 2.05) is 38.2 Å². The molecule has 0 amide bonds. The highest BCUT2D eigenvalue weighted by Gasteiger charge is 2.25. The van der Waals surface area contributed by atoms with Crippen molar-refractivity contribution >= 4 is 10.9 Å². The highest BCUT2D eigenvalue weighted by atomic mass is 16.1. The number of fused-ring (bicyclic) bond motifs is 1. The molecule has 0 saturated carbocycles. The number of likely N-dealkylation sites (tertiary alicyclic amines) is 1. The highest BCUT2D eigenvalue weighted by Crippen LogP contribution is 2.25. The molecule has 2 aromatic heterocycles. The molecule has 25 heavy (non-hydrogen) atoms. The van der Waals surface area contributed by atoms with Crippen LogP contribution in [-0.2, 0) is 13.6 Å². The first-order valence-electron chi connectivity index (χ1n) is 8.81. The number of aromatic amines is 1. The highest BCUT2D eigenvalue weighted by molar-refractivity contribution is 5.79. The Morgan fingerprint density at radius 3 is 2.96 bits per heavy atom.